The minimum atomic E-state index is 0. The maximum atomic E-state index is 3.57. The van der Waals surface area contributed by atoms with Crippen LogP contribution in [0.25, 0.3) is 0 Å². The van der Waals surface area contributed by atoms with E-state index in [9.17, 15) is 0 Å². The second-order valence-corrected chi connectivity index (χ2v) is 6.25. The van der Waals surface area contributed by atoms with Gasteiger partial charge in [0, 0.05) is 31.4 Å². The molecular formula is C19H23ClN2. The molecule has 2 aliphatic rings. The van der Waals surface area contributed by atoms with Crippen LogP contribution in [-0.4, -0.2) is 17.5 Å². The van der Waals surface area contributed by atoms with Gasteiger partial charge in [0.1, 0.15) is 0 Å². The molecule has 1 aliphatic carbocycles. The van der Waals surface area contributed by atoms with Crippen molar-refractivity contribution in [2.24, 2.45) is 0 Å². The van der Waals surface area contributed by atoms with Crippen LogP contribution in [0, 0.1) is 0 Å². The number of rotatable bonds is 5. The van der Waals surface area contributed by atoms with Crippen LogP contribution in [0.15, 0.2) is 48.5 Å². The van der Waals surface area contributed by atoms with Gasteiger partial charge in [-0.1, -0.05) is 48.5 Å². The summed E-state index contributed by atoms with van der Waals surface area (Å²) < 4.78 is 0. The Morgan fingerprint density at radius 2 is 1.77 bits per heavy atom. The van der Waals surface area contributed by atoms with Crippen molar-refractivity contribution in [1.82, 2.24) is 4.90 Å². The third kappa shape index (κ3) is 3.29. The Bertz CT molecular complexity index is 623. The van der Waals surface area contributed by atoms with Gasteiger partial charge in [0.05, 0.1) is 0 Å². The summed E-state index contributed by atoms with van der Waals surface area (Å²) >= 11 is 0. The summed E-state index contributed by atoms with van der Waals surface area (Å²) in [6.45, 7) is 3.22. The third-order valence-corrected chi connectivity index (χ3v) is 4.60. The lowest BCUT2D eigenvalue weighted by molar-refractivity contribution is 0.246. The number of hydrogen-bond donors (Lipinski definition) is 1. The quantitative estimate of drug-likeness (QED) is 0.888. The minimum Gasteiger partial charge on any atom is -0.384 e. The summed E-state index contributed by atoms with van der Waals surface area (Å²) in [7, 11) is 0. The number of halogens is 1. The van der Waals surface area contributed by atoms with E-state index >= 15 is 0 Å². The predicted molar refractivity (Wildman–Crippen MR) is 94.6 cm³/mol. The lowest BCUT2D eigenvalue weighted by atomic mass is 10.1. The molecule has 3 heteroatoms. The van der Waals surface area contributed by atoms with E-state index in [1.165, 1.54) is 41.6 Å². The Kier molecular flexibility index (Phi) is 4.70. The highest BCUT2D eigenvalue weighted by Crippen LogP contribution is 2.33. The van der Waals surface area contributed by atoms with E-state index in [1.807, 2.05) is 0 Å². The number of nitrogens with zero attached hydrogens (tertiary/aromatic N) is 1. The molecule has 0 aromatic heterocycles. The van der Waals surface area contributed by atoms with Crippen LogP contribution < -0.4 is 5.32 Å². The van der Waals surface area contributed by atoms with Gasteiger partial charge in [0.2, 0.25) is 0 Å². The first kappa shape index (κ1) is 15.4. The lowest BCUT2D eigenvalue weighted by Gasteiger charge is -2.23. The molecule has 2 aromatic rings. The van der Waals surface area contributed by atoms with Gasteiger partial charge in [-0.15, -0.1) is 12.4 Å². The van der Waals surface area contributed by atoms with Gasteiger partial charge in [-0.3, -0.25) is 4.90 Å². The van der Waals surface area contributed by atoms with Crippen LogP contribution in [0.5, 0.6) is 0 Å². The Balaban J connectivity index is 0.00000144. The average Bonchev–Trinajstić information content (AvgIpc) is 3.25. The van der Waals surface area contributed by atoms with Gasteiger partial charge < -0.3 is 5.32 Å². The second-order valence-electron chi connectivity index (χ2n) is 6.25. The van der Waals surface area contributed by atoms with E-state index in [0.29, 0.717) is 0 Å². The number of hydrogen-bond acceptors (Lipinski definition) is 2. The van der Waals surface area contributed by atoms with Crippen molar-refractivity contribution in [2.45, 2.75) is 38.4 Å². The van der Waals surface area contributed by atoms with Gasteiger partial charge in [-0.2, -0.15) is 0 Å². The van der Waals surface area contributed by atoms with Gasteiger partial charge in [0.25, 0.3) is 0 Å². The van der Waals surface area contributed by atoms with Crippen LogP contribution in [0.3, 0.4) is 0 Å². The molecule has 0 radical (unpaired) electrons. The van der Waals surface area contributed by atoms with Crippen molar-refractivity contribution in [2.75, 3.05) is 11.9 Å². The molecule has 116 valence electrons. The lowest BCUT2D eigenvalue weighted by Crippen LogP contribution is -2.25. The largest absolute Gasteiger partial charge is 0.384 e. The van der Waals surface area contributed by atoms with Crippen LogP contribution in [0.1, 0.15) is 29.5 Å². The Morgan fingerprint density at radius 3 is 2.55 bits per heavy atom. The molecule has 1 heterocycles. The van der Waals surface area contributed by atoms with Crippen molar-refractivity contribution in [3.8, 4) is 0 Å². The van der Waals surface area contributed by atoms with Crippen molar-refractivity contribution in [3.63, 3.8) is 0 Å². The summed E-state index contributed by atoms with van der Waals surface area (Å²) in [5.41, 5.74) is 5.77. The standard InChI is InChI=1S/C19H22N2.ClH/c1-2-5-15(6-3-1)13-21(18-9-10-18)14-17-8-4-7-16-11-12-20-19(16)17;/h1-8,18,20H,9-14H2;1H. The van der Waals surface area contributed by atoms with E-state index in [4.69, 9.17) is 0 Å². The van der Waals surface area contributed by atoms with Crippen LogP contribution in [0.4, 0.5) is 5.69 Å². The summed E-state index contributed by atoms with van der Waals surface area (Å²) in [5, 5.41) is 3.57. The van der Waals surface area contributed by atoms with E-state index in [-0.39, 0.29) is 12.4 Å². The maximum absolute atomic E-state index is 3.57. The zero-order valence-electron chi connectivity index (χ0n) is 12.8. The summed E-state index contributed by atoms with van der Waals surface area (Å²) in [6.07, 6.45) is 3.88. The fourth-order valence-corrected chi connectivity index (χ4v) is 3.33. The molecule has 0 spiro atoms. The molecular weight excluding hydrogens is 292 g/mol. The maximum Gasteiger partial charge on any atom is 0.0419 e. The first-order valence-corrected chi connectivity index (χ1v) is 8.03. The normalized spacial score (nSPS) is 16.0. The molecule has 4 rings (SSSR count). The summed E-state index contributed by atoms with van der Waals surface area (Å²) in [4.78, 5) is 2.64. The average molecular weight is 315 g/mol. The first-order valence-electron chi connectivity index (χ1n) is 8.03. The smallest absolute Gasteiger partial charge is 0.0419 e. The Hall–Kier alpha value is -1.51. The SMILES string of the molecule is Cl.c1ccc(CN(Cc2cccc3c2NCC3)C2CC2)cc1. The molecule has 0 unspecified atom stereocenters. The summed E-state index contributed by atoms with van der Waals surface area (Å²) in [5.74, 6) is 0. The monoisotopic (exact) mass is 314 g/mol. The van der Waals surface area contributed by atoms with Crippen molar-refractivity contribution in [3.05, 3.63) is 65.2 Å². The highest BCUT2D eigenvalue weighted by atomic mass is 35.5. The third-order valence-electron chi connectivity index (χ3n) is 4.60. The topological polar surface area (TPSA) is 15.3 Å². The Morgan fingerprint density at radius 1 is 0.955 bits per heavy atom. The molecule has 1 fully saturated rings. The van der Waals surface area contributed by atoms with Gasteiger partial charge in [-0.25, -0.2) is 0 Å². The molecule has 1 saturated carbocycles. The zero-order chi connectivity index (χ0) is 14.1. The first-order chi connectivity index (χ1) is 10.4. The molecule has 2 aromatic carbocycles. The zero-order valence-corrected chi connectivity index (χ0v) is 13.6. The number of fused-ring (bicyclic) bond motifs is 1. The number of anilines is 1. The van der Waals surface area contributed by atoms with Crippen molar-refractivity contribution >= 4 is 18.1 Å². The molecule has 22 heavy (non-hydrogen) atoms. The van der Waals surface area contributed by atoms with Crippen molar-refractivity contribution in [1.29, 1.82) is 0 Å². The Labute approximate surface area is 138 Å². The van der Waals surface area contributed by atoms with Crippen LogP contribution >= 0.6 is 12.4 Å². The fraction of sp³-hybridized carbons (Fsp3) is 0.368. The molecule has 1 aliphatic heterocycles. The molecule has 2 nitrogen and oxygen atoms in total. The molecule has 0 bridgehead atoms. The highest BCUT2D eigenvalue weighted by Gasteiger charge is 2.29. The number of para-hydroxylation sites is 1. The van der Waals surface area contributed by atoms with E-state index in [0.717, 1.165) is 25.7 Å². The summed E-state index contributed by atoms with van der Waals surface area (Å²) in [6, 6.07) is 18.4. The van der Waals surface area contributed by atoms with E-state index in [2.05, 4.69) is 58.7 Å². The minimum absolute atomic E-state index is 0. The molecule has 0 amide bonds. The number of nitrogens with one attached hydrogen (secondary N) is 1. The van der Waals surface area contributed by atoms with Crippen LogP contribution in [-0.2, 0) is 19.5 Å². The van der Waals surface area contributed by atoms with E-state index < -0.39 is 0 Å². The second kappa shape index (κ2) is 6.72. The van der Waals surface area contributed by atoms with Gasteiger partial charge in [-0.05, 0) is 36.0 Å². The highest BCUT2D eigenvalue weighted by molar-refractivity contribution is 5.85. The molecule has 0 atom stereocenters. The van der Waals surface area contributed by atoms with Crippen molar-refractivity contribution < 1.29 is 0 Å². The fourth-order valence-electron chi connectivity index (χ4n) is 3.33. The van der Waals surface area contributed by atoms with E-state index in [1.54, 1.807) is 0 Å². The predicted octanol–water partition coefficient (Wildman–Crippen LogP) is 4.24. The molecule has 1 N–H and O–H groups in total. The van der Waals surface area contributed by atoms with Gasteiger partial charge >= 0.3 is 0 Å². The molecule has 0 saturated heterocycles. The number of benzene rings is 2. The van der Waals surface area contributed by atoms with Gasteiger partial charge in [0.15, 0.2) is 0 Å². The van der Waals surface area contributed by atoms with Crippen LogP contribution in [0.2, 0.25) is 0 Å².